The predicted octanol–water partition coefficient (Wildman–Crippen LogP) is 1.49. The Morgan fingerprint density at radius 2 is 2.11 bits per heavy atom. The van der Waals surface area contributed by atoms with Gasteiger partial charge in [-0.25, -0.2) is 4.39 Å². The summed E-state index contributed by atoms with van der Waals surface area (Å²) in [6.45, 7) is 1.08. The van der Waals surface area contributed by atoms with E-state index in [4.69, 9.17) is 0 Å². The molecule has 0 fully saturated rings. The van der Waals surface area contributed by atoms with Crippen LogP contribution in [0, 0.1) is 15.9 Å². The average molecular weight is 292 g/mol. The van der Waals surface area contributed by atoms with E-state index in [1.54, 1.807) is 7.05 Å². The first kappa shape index (κ1) is 17.3. The van der Waals surface area contributed by atoms with E-state index in [0.29, 0.717) is 19.5 Å². The van der Waals surface area contributed by atoms with Crippen LogP contribution in [-0.4, -0.2) is 31.0 Å². The number of nitrogens with one attached hydrogen (secondary N) is 2. The molecule has 106 valence electrons. The number of hydrogen-bond donors (Lipinski definition) is 2. The highest BCUT2D eigenvalue weighted by Crippen LogP contribution is 2.19. The van der Waals surface area contributed by atoms with E-state index >= 15 is 0 Å². The van der Waals surface area contributed by atoms with Gasteiger partial charge in [-0.05, 0) is 32.1 Å². The lowest BCUT2D eigenvalue weighted by atomic mass is 10.1. The van der Waals surface area contributed by atoms with Crippen molar-refractivity contribution in [3.05, 3.63) is 39.7 Å². The zero-order valence-electron chi connectivity index (χ0n) is 10.3. The molecule has 2 N–H and O–H groups in total. The van der Waals surface area contributed by atoms with Crippen LogP contribution >= 0.6 is 12.4 Å². The monoisotopic (exact) mass is 291 g/mol. The first-order chi connectivity index (χ1) is 8.56. The van der Waals surface area contributed by atoms with Gasteiger partial charge in [0.05, 0.1) is 4.92 Å². The smallest absolute Gasteiger partial charge is 0.282 e. The molecule has 8 heteroatoms. The molecule has 1 rings (SSSR count). The molecular formula is C11H15ClFN3O3. The second kappa shape index (κ2) is 8.39. The van der Waals surface area contributed by atoms with Gasteiger partial charge >= 0.3 is 0 Å². The van der Waals surface area contributed by atoms with Gasteiger partial charge in [0.1, 0.15) is 11.4 Å². The van der Waals surface area contributed by atoms with Crippen LogP contribution in [0.25, 0.3) is 0 Å². The fourth-order valence-electron chi connectivity index (χ4n) is 1.41. The molecule has 19 heavy (non-hydrogen) atoms. The van der Waals surface area contributed by atoms with Crippen LogP contribution in [0.5, 0.6) is 0 Å². The first-order valence-corrected chi connectivity index (χ1v) is 5.43. The Bertz CT molecular complexity index is 457. The molecule has 1 amide bonds. The first-order valence-electron chi connectivity index (χ1n) is 5.43. The Kier molecular flexibility index (Phi) is 7.62. The highest BCUT2D eigenvalue weighted by atomic mass is 35.5. The minimum Gasteiger partial charge on any atom is -0.352 e. The van der Waals surface area contributed by atoms with E-state index in [0.717, 1.165) is 18.2 Å². The van der Waals surface area contributed by atoms with Crippen molar-refractivity contribution in [3.63, 3.8) is 0 Å². The van der Waals surface area contributed by atoms with E-state index < -0.39 is 22.3 Å². The molecule has 0 aromatic heterocycles. The number of amides is 1. The Balaban J connectivity index is 0.00000324. The van der Waals surface area contributed by atoms with Crippen LogP contribution < -0.4 is 10.6 Å². The Morgan fingerprint density at radius 3 is 2.68 bits per heavy atom. The fourth-order valence-corrected chi connectivity index (χ4v) is 1.41. The second-order valence-electron chi connectivity index (χ2n) is 3.63. The SMILES string of the molecule is CNCCCNC(=O)c1cc(F)ccc1[N+](=O)[O-].Cl. The van der Waals surface area contributed by atoms with Crippen LogP contribution in [-0.2, 0) is 0 Å². The van der Waals surface area contributed by atoms with E-state index in [2.05, 4.69) is 10.6 Å². The van der Waals surface area contributed by atoms with Gasteiger partial charge in [-0.15, -0.1) is 12.4 Å². The summed E-state index contributed by atoms with van der Waals surface area (Å²) >= 11 is 0. The van der Waals surface area contributed by atoms with Crippen molar-refractivity contribution in [2.75, 3.05) is 20.1 Å². The summed E-state index contributed by atoms with van der Waals surface area (Å²) in [5.74, 6) is -1.32. The second-order valence-corrected chi connectivity index (χ2v) is 3.63. The van der Waals surface area contributed by atoms with E-state index in [-0.39, 0.29) is 18.0 Å². The molecule has 0 aliphatic rings. The summed E-state index contributed by atoms with van der Waals surface area (Å²) in [6.07, 6.45) is 0.686. The third-order valence-electron chi connectivity index (χ3n) is 2.29. The van der Waals surface area contributed by atoms with Gasteiger partial charge in [-0.3, -0.25) is 14.9 Å². The standard InChI is InChI=1S/C11H14FN3O3.ClH/c1-13-5-2-6-14-11(16)9-7-8(12)3-4-10(9)15(17)18;/h3-4,7,13H,2,5-6H2,1H3,(H,14,16);1H. The lowest BCUT2D eigenvalue weighted by Crippen LogP contribution is -2.27. The lowest BCUT2D eigenvalue weighted by Gasteiger charge is -2.05. The van der Waals surface area contributed by atoms with Crippen molar-refractivity contribution >= 4 is 24.0 Å². The van der Waals surface area contributed by atoms with Crippen LogP contribution in [0.15, 0.2) is 18.2 Å². The number of carbonyl (C=O) groups is 1. The van der Waals surface area contributed by atoms with Crippen molar-refractivity contribution in [2.24, 2.45) is 0 Å². The van der Waals surface area contributed by atoms with Gasteiger partial charge in [-0.1, -0.05) is 0 Å². The maximum absolute atomic E-state index is 13.0. The third kappa shape index (κ3) is 5.19. The Hall–Kier alpha value is -1.73. The number of rotatable bonds is 6. The van der Waals surface area contributed by atoms with Gasteiger partial charge in [0.25, 0.3) is 11.6 Å². The summed E-state index contributed by atoms with van der Waals surface area (Å²) in [6, 6.07) is 2.80. The van der Waals surface area contributed by atoms with Crippen molar-refractivity contribution in [2.45, 2.75) is 6.42 Å². The summed E-state index contributed by atoms with van der Waals surface area (Å²) in [5, 5.41) is 16.1. The number of halogens is 2. The molecule has 0 saturated heterocycles. The molecule has 0 aliphatic heterocycles. The van der Waals surface area contributed by atoms with Crippen LogP contribution in [0.2, 0.25) is 0 Å². The molecule has 0 saturated carbocycles. The highest BCUT2D eigenvalue weighted by molar-refractivity contribution is 5.98. The summed E-state index contributed by atoms with van der Waals surface area (Å²) in [5.41, 5.74) is -0.660. The minimum absolute atomic E-state index is 0. The van der Waals surface area contributed by atoms with Crippen molar-refractivity contribution < 1.29 is 14.1 Å². The van der Waals surface area contributed by atoms with Crippen molar-refractivity contribution in [1.82, 2.24) is 10.6 Å². The minimum atomic E-state index is -0.706. The summed E-state index contributed by atoms with van der Waals surface area (Å²) < 4.78 is 13.0. The normalized spacial score (nSPS) is 9.58. The largest absolute Gasteiger partial charge is 0.352 e. The average Bonchev–Trinajstić information content (AvgIpc) is 2.34. The van der Waals surface area contributed by atoms with Crippen molar-refractivity contribution in [3.8, 4) is 0 Å². The Morgan fingerprint density at radius 1 is 1.42 bits per heavy atom. The molecule has 0 radical (unpaired) electrons. The van der Waals surface area contributed by atoms with Gasteiger partial charge in [0, 0.05) is 12.6 Å². The molecule has 0 aliphatic carbocycles. The topological polar surface area (TPSA) is 84.3 Å². The summed E-state index contributed by atoms with van der Waals surface area (Å²) in [4.78, 5) is 21.7. The quantitative estimate of drug-likeness (QED) is 0.472. The molecule has 1 aromatic rings. The number of carbonyl (C=O) groups excluding carboxylic acids is 1. The molecular weight excluding hydrogens is 277 g/mol. The number of hydrogen-bond acceptors (Lipinski definition) is 4. The van der Waals surface area contributed by atoms with Gasteiger partial charge in [0.2, 0.25) is 0 Å². The summed E-state index contributed by atoms with van der Waals surface area (Å²) in [7, 11) is 1.78. The van der Waals surface area contributed by atoms with Crippen LogP contribution in [0.1, 0.15) is 16.8 Å². The zero-order valence-corrected chi connectivity index (χ0v) is 11.1. The van der Waals surface area contributed by atoms with Crippen LogP contribution in [0.3, 0.4) is 0 Å². The van der Waals surface area contributed by atoms with Gasteiger partial charge in [-0.2, -0.15) is 0 Å². The van der Waals surface area contributed by atoms with Crippen LogP contribution in [0.4, 0.5) is 10.1 Å². The van der Waals surface area contributed by atoms with E-state index in [1.165, 1.54) is 0 Å². The molecule has 0 spiro atoms. The van der Waals surface area contributed by atoms with Gasteiger partial charge < -0.3 is 10.6 Å². The molecule has 0 bridgehead atoms. The van der Waals surface area contributed by atoms with E-state index in [1.807, 2.05) is 0 Å². The number of nitro groups is 1. The van der Waals surface area contributed by atoms with E-state index in [9.17, 15) is 19.3 Å². The lowest BCUT2D eigenvalue weighted by molar-refractivity contribution is -0.385. The van der Waals surface area contributed by atoms with Gasteiger partial charge in [0.15, 0.2) is 0 Å². The zero-order chi connectivity index (χ0) is 13.5. The highest BCUT2D eigenvalue weighted by Gasteiger charge is 2.20. The molecule has 1 aromatic carbocycles. The third-order valence-corrected chi connectivity index (χ3v) is 2.29. The maximum Gasteiger partial charge on any atom is 0.282 e. The number of nitrogens with zero attached hydrogens (tertiary/aromatic N) is 1. The Labute approximate surface area is 115 Å². The van der Waals surface area contributed by atoms with Crippen molar-refractivity contribution in [1.29, 1.82) is 0 Å². The number of nitro benzene ring substituents is 1. The number of benzene rings is 1. The molecule has 0 heterocycles. The molecule has 6 nitrogen and oxygen atoms in total. The maximum atomic E-state index is 13.0. The molecule has 0 unspecified atom stereocenters. The molecule has 0 atom stereocenters. The fraction of sp³-hybridized carbons (Fsp3) is 0.364. The predicted molar refractivity (Wildman–Crippen MR) is 71.2 cm³/mol.